The lowest BCUT2D eigenvalue weighted by atomic mass is 10.1. The van der Waals surface area contributed by atoms with E-state index in [2.05, 4.69) is 10.5 Å². The second-order valence-corrected chi connectivity index (χ2v) is 5.39. The number of carbonyl (C=O) groups is 1. The van der Waals surface area contributed by atoms with Crippen LogP contribution in [0.15, 0.2) is 41.5 Å². The molecule has 1 N–H and O–H groups in total. The summed E-state index contributed by atoms with van der Waals surface area (Å²) in [4.78, 5) is 11.7. The zero-order valence-electron chi connectivity index (χ0n) is 12.8. The van der Waals surface area contributed by atoms with E-state index < -0.39 is 11.7 Å². The Morgan fingerprint density at radius 1 is 1.35 bits per heavy atom. The molecule has 120 valence electrons. The van der Waals surface area contributed by atoms with Gasteiger partial charge >= 0.3 is 0 Å². The van der Waals surface area contributed by atoms with Crippen molar-refractivity contribution in [1.82, 2.24) is 5.43 Å². The van der Waals surface area contributed by atoms with E-state index >= 15 is 0 Å². The zero-order chi connectivity index (χ0) is 16.8. The molecule has 2 aromatic carbocycles. The summed E-state index contributed by atoms with van der Waals surface area (Å²) in [7, 11) is 0. The highest BCUT2D eigenvalue weighted by Gasteiger charge is 2.06. The highest BCUT2D eigenvalue weighted by atomic mass is 35.5. The smallest absolute Gasteiger partial charge is 0.277 e. The molecule has 0 aliphatic carbocycles. The Labute approximate surface area is 138 Å². The van der Waals surface area contributed by atoms with Crippen LogP contribution in [0.4, 0.5) is 4.39 Å². The number of ether oxygens (including phenoxy) is 1. The van der Waals surface area contributed by atoms with Gasteiger partial charge in [-0.2, -0.15) is 5.10 Å². The predicted molar refractivity (Wildman–Crippen MR) is 88.6 cm³/mol. The van der Waals surface area contributed by atoms with Gasteiger partial charge in [-0.1, -0.05) is 35.4 Å². The number of rotatable bonds is 5. The van der Waals surface area contributed by atoms with Crippen LogP contribution in [0.2, 0.25) is 5.02 Å². The molecule has 2 aromatic rings. The molecule has 0 saturated carbocycles. The topological polar surface area (TPSA) is 50.7 Å². The largest absolute Gasteiger partial charge is 0.483 e. The van der Waals surface area contributed by atoms with Gasteiger partial charge in [0, 0.05) is 5.56 Å². The van der Waals surface area contributed by atoms with Crippen molar-refractivity contribution >= 4 is 23.7 Å². The van der Waals surface area contributed by atoms with E-state index in [0.717, 1.165) is 17.3 Å². The summed E-state index contributed by atoms with van der Waals surface area (Å²) in [6, 6.07) is 9.96. The fourth-order valence-corrected chi connectivity index (χ4v) is 2.15. The molecule has 0 unspecified atom stereocenters. The van der Waals surface area contributed by atoms with Gasteiger partial charge in [0.2, 0.25) is 0 Å². The number of hydrazone groups is 1. The number of carbonyl (C=O) groups excluding carboxylic acids is 1. The normalized spacial score (nSPS) is 10.8. The lowest BCUT2D eigenvalue weighted by molar-refractivity contribution is -0.123. The van der Waals surface area contributed by atoms with Crippen molar-refractivity contribution < 1.29 is 13.9 Å². The first-order chi connectivity index (χ1) is 11.0. The van der Waals surface area contributed by atoms with Gasteiger partial charge in [0.25, 0.3) is 5.91 Å². The number of nitrogens with one attached hydrogen (secondary N) is 1. The predicted octanol–water partition coefficient (Wildman–Crippen LogP) is 3.63. The van der Waals surface area contributed by atoms with Crippen LogP contribution in [-0.2, 0) is 4.79 Å². The van der Waals surface area contributed by atoms with Crippen molar-refractivity contribution in [3.8, 4) is 5.75 Å². The fraction of sp³-hybridized carbons (Fsp3) is 0.176. The highest BCUT2D eigenvalue weighted by Crippen LogP contribution is 2.18. The minimum atomic E-state index is -0.512. The van der Waals surface area contributed by atoms with Gasteiger partial charge in [0.1, 0.15) is 11.6 Å². The molecule has 0 spiro atoms. The van der Waals surface area contributed by atoms with Crippen molar-refractivity contribution in [3.63, 3.8) is 0 Å². The molecule has 0 bridgehead atoms. The third-order valence-electron chi connectivity index (χ3n) is 3.07. The van der Waals surface area contributed by atoms with Crippen LogP contribution in [0.1, 0.15) is 16.7 Å². The highest BCUT2D eigenvalue weighted by molar-refractivity contribution is 6.33. The fourth-order valence-electron chi connectivity index (χ4n) is 1.94. The molecule has 0 aliphatic heterocycles. The molecule has 2 rings (SSSR count). The Kier molecular flexibility index (Phi) is 5.71. The van der Waals surface area contributed by atoms with Crippen LogP contribution in [0, 0.1) is 19.7 Å². The second kappa shape index (κ2) is 7.74. The third-order valence-corrected chi connectivity index (χ3v) is 3.40. The number of hydrogen-bond acceptors (Lipinski definition) is 3. The Balaban J connectivity index is 1.89. The van der Waals surface area contributed by atoms with E-state index in [0.29, 0.717) is 5.75 Å². The Bertz CT molecular complexity index is 727. The summed E-state index contributed by atoms with van der Waals surface area (Å²) in [6.45, 7) is 3.69. The first-order valence-electron chi connectivity index (χ1n) is 6.93. The molecule has 0 aromatic heterocycles. The van der Waals surface area contributed by atoms with Gasteiger partial charge in [-0.05, 0) is 37.6 Å². The van der Waals surface area contributed by atoms with E-state index in [4.69, 9.17) is 16.3 Å². The number of halogens is 2. The van der Waals surface area contributed by atoms with Gasteiger partial charge in [0.05, 0.1) is 11.2 Å². The Morgan fingerprint density at radius 3 is 2.83 bits per heavy atom. The minimum Gasteiger partial charge on any atom is -0.483 e. The van der Waals surface area contributed by atoms with Crippen LogP contribution in [0.5, 0.6) is 5.75 Å². The maximum atomic E-state index is 13.5. The average molecular weight is 335 g/mol. The van der Waals surface area contributed by atoms with Crippen molar-refractivity contribution in [2.75, 3.05) is 6.61 Å². The van der Waals surface area contributed by atoms with Crippen molar-refractivity contribution in [2.45, 2.75) is 13.8 Å². The van der Waals surface area contributed by atoms with E-state index in [1.807, 2.05) is 26.0 Å². The van der Waals surface area contributed by atoms with Gasteiger partial charge in [-0.3, -0.25) is 4.79 Å². The van der Waals surface area contributed by atoms with Gasteiger partial charge < -0.3 is 4.74 Å². The number of benzene rings is 2. The van der Waals surface area contributed by atoms with E-state index in [-0.39, 0.29) is 17.2 Å². The SMILES string of the molecule is Cc1ccc(OCC(=O)N/N=C\c2c(F)cccc2Cl)c(C)c1. The van der Waals surface area contributed by atoms with Crippen LogP contribution in [-0.4, -0.2) is 18.7 Å². The molecule has 0 saturated heterocycles. The Hall–Kier alpha value is -2.40. The average Bonchev–Trinajstić information content (AvgIpc) is 2.49. The quantitative estimate of drug-likeness (QED) is 0.670. The zero-order valence-corrected chi connectivity index (χ0v) is 13.5. The van der Waals surface area contributed by atoms with Crippen LogP contribution in [0.25, 0.3) is 0 Å². The standard InChI is InChI=1S/C17H16ClFN2O2/c1-11-6-7-16(12(2)8-11)23-10-17(22)21-20-9-13-14(18)4-3-5-15(13)19/h3-9H,10H2,1-2H3,(H,21,22)/b20-9-. The van der Waals surface area contributed by atoms with Gasteiger partial charge in [0.15, 0.2) is 6.61 Å². The maximum Gasteiger partial charge on any atom is 0.277 e. The van der Waals surface area contributed by atoms with E-state index in [9.17, 15) is 9.18 Å². The summed E-state index contributed by atoms with van der Waals surface area (Å²) >= 11 is 5.85. The van der Waals surface area contributed by atoms with Crippen molar-refractivity contribution in [1.29, 1.82) is 0 Å². The van der Waals surface area contributed by atoms with Crippen LogP contribution in [0.3, 0.4) is 0 Å². The van der Waals surface area contributed by atoms with Crippen molar-refractivity contribution in [3.05, 3.63) is 63.9 Å². The number of aryl methyl sites for hydroxylation is 2. The molecule has 6 heteroatoms. The maximum absolute atomic E-state index is 13.5. The molecule has 0 atom stereocenters. The summed E-state index contributed by atoms with van der Waals surface area (Å²) in [5, 5.41) is 3.90. The van der Waals surface area contributed by atoms with Crippen molar-refractivity contribution in [2.24, 2.45) is 5.10 Å². The van der Waals surface area contributed by atoms with Crippen LogP contribution < -0.4 is 10.2 Å². The number of nitrogens with zero attached hydrogens (tertiary/aromatic N) is 1. The van der Waals surface area contributed by atoms with Gasteiger partial charge in [-0.15, -0.1) is 0 Å². The first kappa shape index (κ1) is 17.0. The monoisotopic (exact) mass is 334 g/mol. The van der Waals surface area contributed by atoms with Crippen LogP contribution >= 0.6 is 11.6 Å². The third kappa shape index (κ3) is 4.79. The molecule has 0 fully saturated rings. The molecule has 0 heterocycles. The number of amides is 1. The first-order valence-corrected chi connectivity index (χ1v) is 7.31. The summed E-state index contributed by atoms with van der Waals surface area (Å²) < 4.78 is 18.9. The lowest BCUT2D eigenvalue weighted by Gasteiger charge is -2.08. The summed E-state index contributed by atoms with van der Waals surface area (Å²) in [6.07, 6.45) is 1.16. The molecular weight excluding hydrogens is 319 g/mol. The summed E-state index contributed by atoms with van der Waals surface area (Å²) in [5.74, 6) is -0.331. The Morgan fingerprint density at radius 2 is 2.13 bits per heavy atom. The molecule has 4 nitrogen and oxygen atoms in total. The second-order valence-electron chi connectivity index (χ2n) is 4.99. The minimum absolute atomic E-state index is 0.116. The lowest BCUT2D eigenvalue weighted by Crippen LogP contribution is -2.24. The number of hydrogen-bond donors (Lipinski definition) is 1. The molecule has 1 amide bonds. The molecule has 0 radical (unpaired) electrons. The molecular formula is C17H16ClFN2O2. The van der Waals surface area contributed by atoms with E-state index in [1.54, 1.807) is 6.07 Å². The molecule has 0 aliphatic rings. The molecule has 23 heavy (non-hydrogen) atoms. The van der Waals surface area contributed by atoms with Gasteiger partial charge in [-0.25, -0.2) is 9.82 Å². The van der Waals surface area contributed by atoms with E-state index in [1.165, 1.54) is 18.2 Å². The summed E-state index contributed by atoms with van der Waals surface area (Å²) in [5.41, 5.74) is 4.44.